The van der Waals surface area contributed by atoms with E-state index < -0.39 is 5.82 Å². The Bertz CT molecular complexity index is 457. The lowest BCUT2D eigenvalue weighted by atomic mass is 10.2. The Balaban J connectivity index is 2.89. The average Bonchev–Trinajstić information content (AvgIpc) is 2.50. The molecule has 1 amide bonds. The molecule has 6 nitrogen and oxygen atoms in total. The summed E-state index contributed by atoms with van der Waals surface area (Å²) < 4.78 is 23.4. The van der Waals surface area contributed by atoms with Crippen LogP contribution in [0.5, 0.6) is 0 Å². The molecule has 0 fully saturated rings. The highest BCUT2D eigenvalue weighted by Gasteiger charge is 2.20. The maximum Gasteiger partial charge on any atom is 0.257 e. The predicted molar refractivity (Wildman–Crippen MR) is 78.0 cm³/mol. The second-order valence-electron chi connectivity index (χ2n) is 4.43. The van der Waals surface area contributed by atoms with Crippen molar-refractivity contribution < 1.29 is 18.7 Å². The first-order valence-electron chi connectivity index (χ1n) is 6.74. The van der Waals surface area contributed by atoms with E-state index >= 15 is 0 Å². The summed E-state index contributed by atoms with van der Waals surface area (Å²) in [6.07, 6.45) is 1.77. The number of carbonyl (C=O) groups excluding carboxylic acids is 1. The summed E-state index contributed by atoms with van der Waals surface area (Å²) in [5.74, 6) is -0.462. The van der Waals surface area contributed by atoms with Crippen LogP contribution in [0.1, 0.15) is 16.8 Å². The Morgan fingerprint density at radius 1 is 1.33 bits per heavy atom. The summed E-state index contributed by atoms with van der Waals surface area (Å²) in [5.41, 5.74) is 0.214. The molecule has 0 spiro atoms. The highest BCUT2D eigenvalue weighted by Crippen LogP contribution is 2.16. The number of carbonyl (C=O) groups is 1. The molecular formula is C14H22FN3O3. The van der Waals surface area contributed by atoms with Gasteiger partial charge in [0.15, 0.2) is 0 Å². The number of anilines is 1. The number of nitrogens with zero attached hydrogens (tertiary/aromatic N) is 2. The third-order valence-corrected chi connectivity index (χ3v) is 2.95. The highest BCUT2D eigenvalue weighted by atomic mass is 19.1. The van der Waals surface area contributed by atoms with E-state index in [1.807, 2.05) is 0 Å². The molecule has 0 saturated carbocycles. The zero-order chi connectivity index (χ0) is 15.7. The number of halogens is 1. The van der Waals surface area contributed by atoms with Crippen molar-refractivity contribution in [1.82, 2.24) is 9.88 Å². The van der Waals surface area contributed by atoms with Gasteiger partial charge in [0.1, 0.15) is 11.6 Å². The maximum absolute atomic E-state index is 13.4. The van der Waals surface area contributed by atoms with Crippen LogP contribution in [0.4, 0.5) is 10.2 Å². The van der Waals surface area contributed by atoms with Crippen LogP contribution in [0.15, 0.2) is 12.3 Å². The first kappa shape index (κ1) is 17.3. The van der Waals surface area contributed by atoms with E-state index in [0.29, 0.717) is 38.5 Å². The van der Waals surface area contributed by atoms with Crippen LogP contribution < -0.4 is 5.32 Å². The Labute approximate surface area is 124 Å². The molecule has 1 aromatic rings. The molecule has 0 radical (unpaired) electrons. The molecular weight excluding hydrogens is 277 g/mol. The van der Waals surface area contributed by atoms with Gasteiger partial charge in [-0.05, 0) is 12.5 Å². The molecule has 1 N–H and O–H groups in total. The summed E-state index contributed by atoms with van der Waals surface area (Å²) in [6.45, 7) is 1.90. The molecule has 0 unspecified atom stereocenters. The summed E-state index contributed by atoms with van der Waals surface area (Å²) in [6, 6.07) is 1.19. The van der Waals surface area contributed by atoms with Crippen LogP contribution in [0.3, 0.4) is 0 Å². The van der Waals surface area contributed by atoms with Crippen molar-refractivity contribution in [3.8, 4) is 0 Å². The summed E-state index contributed by atoms with van der Waals surface area (Å²) in [5, 5.41) is 2.80. The molecule has 118 valence electrons. The lowest BCUT2D eigenvalue weighted by molar-refractivity contribution is 0.0674. The first-order valence-corrected chi connectivity index (χ1v) is 6.74. The monoisotopic (exact) mass is 299 g/mol. The van der Waals surface area contributed by atoms with E-state index in [4.69, 9.17) is 9.47 Å². The average molecular weight is 299 g/mol. The minimum atomic E-state index is -0.541. The third-order valence-electron chi connectivity index (χ3n) is 2.95. The fraction of sp³-hybridized carbons (Fsp3) is 0.571. The van der Waals surface area contributed by atoms with Crippen LogP contribution in [-0.4, -0.2) is 63.4 Å². The van der Waals surface area contributed by atoms with E-state index in [9.17, 15) is 9.18 Å². The number of nitrogens with one attached hydrogen (secondary N) is 1. The van der Waals surface area contributed by atoms with Crippen molar-refractivity contribution in [3.05, 3.63) is 23.6 Å². The second-order valence-corrected chi connectivity index (χ2v) is 4.43. The Kier molecular flexibility index (Phi) is 7.63. The predicted octanol–water partition coefficient (Wildman–Crippen LogP) is 1.39. The van der Waals surface area contributed by atoms with Crippen LogP contribution in [-0.2, 0) is 9.47 Å². The molecule has 0 aliphatic rings. The molecule has 1 aromatic heterocycles. The standard InChI is InChI=1S/C14H22FN3O3/c1-16-13-12(9-11(15)10-17-13)14(19)18(6-8-21-3)5-4-7-20-2/h9-10H,4-8H2,1-3H3,(H,16,17). The number of aromatic nitrogens is 1. The zero-order valence-electron chi connectivity index (χ0n) is 12.7. The largest absolute Gasteiger partial charge is 0.385 e. The molecule has 21 heavy (non-hydrogen) atoms. The van der Waals surface area contributed by atoms with Gasteiger partial charge in [-0.3, -0.25) is 4.79 Å². The van der Waals surface area contributed by atoms with Crippen LogP contribution in [0.2, 0.25) is 0 Å². The molecule has 7 heteroatoms. The maximum atomic E-state index is 13.4. The molecule has 1 heterocycles. The lowest BCUT2D eigenvalue weighted by Gasteiger charge is -2.23. The molecule has 0 aliphatic carbocycles. The van der Waals surface area contributed by atoms with Gasteiger partial charge in [0.2, 0.25) is 0 Å². The molecule has 1 rings (SSSR count). The second kappa shape index (κ2) is 9.25. The number of pyridine rings is 1. The Morgan fingerprint density at radius 2 is 2.05 bits per heavy atom. The normalized spacial score (nSPS) is 10.5. The molecule has 0 bridgehead atoms. The number of rotatable bonds is 9. The lowest BCUT2D eigenvalue weighted by Crippen LogP contribution is -2.35. The van der Waals surface area contributed by atoms with Gasteiger partial charge in [-0.25, -0.2) is 9.37 Å². The van der Waals surface area contributed by atoms with Crippen molar-refractivity contribution in [3.63, 3.8) is 0 Å². The van der Waals surface area contributed by atoms with E-state index in [1.165, 1.54) is 6.07 Å². The molecule has 0 saturated heterocycles. The van der Waals surface area contributed by atoms with Gasteiger partial charge in [0.05, 0.1) is 18.4 Å². The first-order chi connectivity index (χ1) is 10.1. The van der Waals surface area contributed by atoms with Crippen molar-refractivity contribution >= 4 is 11.7 Å². The number of hydrogen-bond acceptors (Lipinski definition) is 5. The topological polar surface area (TPSA) is 63.7 Å². The Hall–Kier alpha value is -1.73. The van der Waals surface area contributed by atoms with Crippen LogP contribution >= 0.6 is 0 Å². The molecule has 0 aromatic carbocycles. The van der Waals surface area contributed by atoms with E-state index in [1.54, 1.807) is 26.2 Å². The van der Waals surface area contributed by atoms with E-state index in [-0.39, 0.29) is 11.5 Å². The van der Waals surface area contributed by atoms with E-state index in [0.717, 1.165) is 6.20 Å². The van der Waals surface area contributed by atoms with Crippen LogP contribution in [0.25, 0.3) is 0 Å². The number of ether oxygens (including phenoxy) is 2. The minimum Gasteiger partial charge on any atom is -0.385 e. The SMILES string of the molecule is CNc1ncc(F)cc1C(=O)N(CCCOC)CCOC. The highest BCUT2D eigenvalue weighted by molar-refractivity contribution is 5.98. The van der Waals surface area contributed by atoms with E-state index in [2.05, 4.69) is 10.3 Å². The van der Waals surface area contributed by atoms with Gasteiger partial charge in [0.25, 0.3) is 5.91 Å². The van der Waals surface area contributed by atoms with Gasteiger partial charge in [-0.2, -0.15) is 0 Å². The fourth-order valence-corrected chi connectivity index (χ4v) is 1.89. The molecule has 0 atom stereocenters. The van der Waals surface area contributed by atoms with Gasteiger partial charge in [0, 0.05) is 41.0 Å². The van der Waals surface area contributed by atoms with Gasteiger partial charge < -0.3 is 19.7 Å². The minimum absolute atomic E-state index is 0.214. The van der Waals surface area contributed by atoms with Gasteiger partial charge >= 0.3 is 0 Å². The summed E-state index contributed by atoms with van der Waals surface area (Å²) >= 11 is 0. The van der Waals surface area contributed by atoms with Gasteiger partial charge in [-0.15, -0.1) is 0 Å². The van der Waals surface area contributed by atoms with Crippen LogP contribution in [0, 0.1) is 5.82 Å². The Morgan fingerprint density at radius 3 is 2.67 bits per heavy atom. The fourth-order valence-electron chi connectivity index (χ4n) is 1.89. The van der Waals surface area contributed by atoms with Gasteiger partial charge in [-0.1, -0.05) is 0 Å². The summed E-state index contributed by atoms with van der Waals surface area (Å²) in [7, 11) is 4.82. The number of amides is 1. The smallest absolute Gasteiger partial charge is 0.257 e. The molecule has 0 aliphatic heterocycles. The van der Waals surface area contributed by atoms with Crippen molar-refractivity contribution in [2.24, 2.45) is 0 Å². The van der Waals surface area contributed by atoms with Crippen molar-refractivity contribution in [2.45, 2.75) is 6.42 Å². The summed E-state index contributed by atoms with van der Waals surface area (Å²) in [4.78, 5) is 18.1. The van der Waals surface area contributed by atoms with Crippen molar-refractivity contribution in [2.75, 3.05) is 52.9 Å². The number of methoxy groups -OCH3 is 2. The quantitative estimate of drug-likeness (QED) is 0.698. The number of hydrogen-bond donors (Lipinski definition) is 1. The zero-order valence-corrected chi connectivity index (χ0v) is 12.7. The van der Waals surface area contributed by atoms with Crippen molar-refractivity contribution in [1.29, 1.82) is 0 Å². The third kappa shape index (κ3) is 5.28.